The molecule has 0 radical (unpaired) electrons. The van der Waals surface area contributed by atoms with Crippen LogP contribution in [-0.2, 0) is 9.47 Å². The van der Waals surface area contributed by atoms with Crippen molar-refractivity contribution in [3.8, 4) is 0 Å². The fourth-order valence-electron chi connectivity index (χ4n) is 2.32. The highest BCUT2D eigenvalue weighted by atomic mass is 16.7. The summed E-state index contributed by atoms with van der Waals surface area (Å²) in [4.78, 5) is 0. The van der Waals surface area contributed by atoms with Crippen molar-refractivity contribution in [2.24, 2.45) is 11.8 Å². The molecule has 0 unspecified atom stereocenters. The van der Waals surface area contributed by atoms with E-state index < -0.39 is 0 Å². The molecule has 88 valence electrons. The molecule has 0 bridgehead atoms. The molecule has 0 aromatic carbocycles. The number of allylic oxidation sites excluding steroid dienone is 2. The minimum Gasteiger partial charge on any atom is -0.353 e. The second-order valence-corrected chi connectivity index (χ2v) is 4.35. The SMILES string of the molecule is CCOC(OCC)[C@H]1CCC(C)=C[C@@H]1C. The fourth-order valence-corrected chi connectivity index (χ4v) is 2.32. The van der Waals surface area contributed by atoms with Crippen molar-refractivity contribution in [1.29, 1.82) is 0 Å². The van der Waals surface area contributed by atoms with E-state index >= 15 is 0 Å². The topological polar surface area (TPSA) is 18.5 Å². The molecule has 2 heteroatoms. The first-order chi connectivity index (χ1) is 7.19. The van der Waals surface area contributed by atoms with Gasteiger partial charge in [-0.05, 0) is 39.5 Å². The standard InChI is InChI=1S/C13H24O2/c1-5-14-13(15-6-2)12-8-7-10(3)9-11(12)4/h9,11-13H,5-8H2,1-4H3/t11-,12-/m0/s1. The van der Waals surface area contributed by atoms with Gasteiger partial charge in [0, 0.05) is 19.1 Å². The van der Waals surface area contributed by atoms with Crippen molar-refractivity contribution in [3.05, 3.63) is 11.6 Å². The molecule has 15 heavy (non-hydrogen) atoms. The summed E-state index contributed by atoms with van der Waals surface area (Å²) in [5, 5.41) is 0. The van der Waals surface area contributed by atoms with Gasteiger partial charge < -0.3 is 9.47 Å². The lowest BCUT2D eigenvalue weighted by atomic mass is 9.81. The van der Waals surface area contributed by atoms with Gasteiger partial charge in [0.2, 0.25) is 0 Å². The maximum absolute atomic E-state index is 5.68. The predicted molar refractivity (Wildman–Crippen MR) is 62.7 cm³/mol. The monoisotopic (exact) mass is 212 g/mol. The first-order valence-corrected chi connectivity index (χ1v) is 6.09. The average Bonchev–Trinajstić information content (AvgIpc) is 2.17. The van der Waals surface area contributed by atoms with Crippen LogP contribution in [0.4, 0.5) is 0 Å². The average molecular weight is 212 g/mol. The minimum atomic E-state index is -0.0145. The van der Waals surface area contributed by atoms with Crippen molar-refractivity contribution in [3.63, 3.8) is 0 Å². The molecule has 0 spiro atoms. The number of rotatable bonds is 5. The van der Waals surface area contributed by atoms with E-state index in [1.165, 1.54) is 18.4 Å². The van der Waals surface area contributed by atoms with Gasteiger partial charge >= 0.3 is 0 Å². The summed E-state index contributed by atoms with van der Waals surface area (Å²) in [6.45, 7) is 10.00. The Morgan fingerprint density at radius 3 is 2.40 bits per heavy atom. The summed E-state index contributed by atoms with van der Waals surface area (Å²) in [6.07, 6.45) is 4.72. The first kappa shape index (κ1) is 12.7. The Hall–Kier alpha value is -0.340. The lowest BCUT2D eigenvalue weighted by Gasteiger charge is -2.33. The molecule has 1 aliphatic carbocycles. The number of hydrogen-bond acceptors (Lipinski definition) is 2. The molecule has 0 amide bonds. The van der Waals surface area contributed by atoms with Gasteiger partial charge in [-0.3, -0.25) is 0 Å². The van der Waals surface area contributed by atoms with Gasteiger partial charge in [-0.15, -0.1) is 0 Å². The van der Waals surface area contributed by atoms with Gasteiger partial charge in [-0.2, -0.15) is 0 Å². The second kappa shape index (κ2) is 6.29. The Labute approximate surface area is 93.7 Å². The smallest absolute Gasteiger partial charge is 0.160 e. The van der Waals surface area contributed by atoms with Crippen LogP contribution in [0.3, 0.4) is 0 Å². The molecular formula is C13H24O2. The summed E-state index contributed by atoms with van der Waals surface area (Å²) in [5.41, 5.74) is 1.51. The summed E-state index contributed by atoms with van der Waals surface area (Å²) < 4.78 is 11.4. The summed E-state index contributed by atoms with van der Waals surface area (Å²) in [7, 11) is 0. The molecule has 2 nitrogen and oxygen atoms in total. The fraction of sp³-hybridized carbons (Fsp3) is 0.846. The van der Waals surface area contributed by atoms with Gasteiger partial charge in [-0.1, -0.05) is 18.6 Å². The van der Waals surface area contributed by atoms with Crippen LogP contribution in [0.1, 0.15) is 40.5 Å². The molecule has 0 aromatic heterocycles. The largest absolute Gasteiger partial charge is 0.353 e. The van der Waals surface area contributed by atoms with Crippen LogP contribution in [0.2, 0.25) is 0 Å². The van der Waals surface area contributed by atoms with E-state index in [9.17, 15) is 0 Å². The van der Waals surface area contributed by atoms with E-state index in [-0.39, 0.29) is 6.29 Å². The van der Waals surface area contributed by atoms with Crippen molar-refractivity contribution in [2.45, 2.75) is 46.8 Å². The van der Waals surface area contributed by atoms with Crippen molar-refractivity contribution >= 4 is 0 Å². The van der Waals surface area contributed by atoms with Gasteiger partial charge in [0.05, 0.1) is 0 Å². The Kier molecular flexibility index (Phi) is 5.34. The first-order valence-electron chi connectivity index (χ1n) is 6.09. The van der Waals surface area contributed by atoms with E-state index in [2.05, 4.69) is 19.9 Å². The van der Waals surface area contributed by atoms with Crippen LogP contribution in [0, 0.1) is 11.8 Å². The van der Waals surface area contributed by atoms with Crippen LogP contribution in [0.5, 0.6) is 0 Å². The molecule has 0 fully saturated rings. The molecule has 0 aliphatic heterocycles. The summed E-state index contributed by atoms with van der Waals surface area (Å²) in [6, 6.07) is 0. The molecule has 1 aliphatic rings. The molecule has 0 saturated carbocycles. The zero-order chi connectivity index (χ0) is 11.3. The van der Waals surface area contributed by atoms with Crippen LogP contribution >= 0.6 is 0 Å². The maximum Gasteiger partial charge on any atom is 0.160 e. The zero-order valence-electron chi connectivity index (χ0n) is 10.5. The normalized spacial score (nSPS) is 26.9. The minimum absolute atomic E-state index is 0.0145. The van der Waals surface area contributed by atoms with Gasteiger partial charge in [-0.25, -0.2) is 0 Å². The summed E-state index contributed by atoms with van der Waals surface area (Å²) >= 11 is 0. The highest BCUT2D eigenvalue weighted by molar-refractivity contribution is 5.06. The molecule has 0 saturated heterocycles. The van der Waals surface area contributed by atoms with Crippen LogP contribution in [0.15, 0.2) is 11.6 Å². The van der Waals surface area contributed by atoms with Crippen LogP contribution in [0.25, 0.3) is 0 Å². The Bertz CT molecular complexity index is 205. The quantitative estimate of drug-likeness (QED) is 0.514. The van der Waals surface area contributed by atoms with E-state index in [0.717, 1.165) is 13.2 Å². The lowest BCUT2D eigenvalue weighted by molar-refractivity contribution is -0.175. The second-order valence-electron chi connectivity index (χ2n) is 4.35. The van der Waals surface area contributed by atoms with Gasteiger partial charge in [0.1, 0.15) is 0 Å². The Balaban J connectivity index is 2.59. The lowest BCUT2D eigenvalue weighted by Crippen LogP contribution is -2.33. The maximum atomic E-state index is 5.68. The van der Waals surface area contributed by atoms with Crippen molar-refractivity contribution in [2.75, 3.05) is 13.2 Å². The van der Waals surface area contributed by atoms with E-state index in [0.29, 0.717) is 11.8 Å². The summed E-state index contributed by atoms with van der Waals surface area (Å²) in [5.74, 6) is 1.09. The van der Waals surface area contributed by atoms with E-state index in [1.54, 1.807) is 0 Å². The highest BCUT2D eigenvalue weighted by Gasteiger charge is 2.29. The number of ether oxygens (including phenoxy) is 2. The number of hydrogen-bond donors (Lipinski definition) is 0. The Morgan fingerprint density at radius 1 is 1.33 bits per heavy atom. The Morgan fingerprint density at radius 2 is 1.93 bits per heavy atom. The van der Waals surface area contributed by atoms with Gasteiger partial charge in [0.25, 0.3) is 0 Å². The molecule has 2 atom stereocenters. The van der Waals surface area contributed by atoms with Crippen LogP contribution in [-0.4, -0.2) is 19.5 Å². The van der Waals surface area contributed by atoms with Crippen molar-refractivity contribution in [1.82, 2.24) is 0 Å². The van der Waals surface area contributed by atoms with E-state index in [1.807, 2.05) is 13.8 Å². The molecule has 0 N–H and O–H groups in total. The van der Waals surface area contributed by atoms with Gasteiger partial charge in [0.15, 0.2) is 6.29 Å². The van der Waals surface area contributed by atoms with Crippen LogP contribution < -0.4 is 0 Å². The molecule has 1 rings (SSSR count). The highest BCUT2D eigenvalue weighted by Crippen LogP contribution is 2.32. The molecule has 0 heterocycles. The third kappa shape index (κ3) is 3.62. The van der Waals surface area contributed by atoms with Crippen molar-refractivity contribution < 1.29 is 9.47 Å². The molecular weight excluding hydrogens is 188 g/mol. The molecule has 0 aromatic rings. The third-order valence-corrected chi connectivity index (χ3v) is 3.11. The van der Waals surface area contributed by atoms with E-state index in [4.69, 9.17) is 9.47 Å². The zero-order valence-corrected chi connectivity index (χ0v) is 10.5. The third-order valence-electron chi connectivity index (χ3n) is 3.11. The predicted octanol–water partition coefficient (Wildman–Crippen LogP) is 3.38.